The molecule has 0 atom stereocenters. The summed E-state index contributed by atoms with van der Waals surface area (Å²) in [5, 5.41) is 13.5. The summed E-state index contributed by atoms with van der Waals surface area (Å²) in [7, 11) is 4.74. The lowest BCUT2D eigenvalue weighted by Crippen LogP contribution is -2.12. The summed E-state index contributed by atoms with van der Waals surface area (Å²) in [6.45, 7) is 0. The van der Waals surface area contributed by atoms with E-state index in [-0.39, 0.29) is 18.3 Å². The molecular weight excluding hydrogens is 440 g/mol. The molecule has 0 radical (unpaired) electrons. The Morgan fingerprint density at radius 2 is 1.76 bits per heavy atom. The van der Waals surface area contributed by atoms with Crippen molar-refractivity contribution in [2.75, 3.05) is 26.6 Å². The van der Waals surface area contributed by atoms with Gasteiger partial charge in [0.05, 0.1) is 26.9 Å². The Labute approximate surface area is 195 Å². The molecule has 4 aromatic rings. The summed E-state index contributed by atoms with van der Waals surface area (Å²) >= 11 is 0. The predicted molar refractivity (Wildman–Crippen MR) is 123 cm³/mol. The smallest absolute Gasteiger partial charge is 0.249 e. The quantitative estimate of drug-likeness (QED) is 0.361. The zero-order chi connectivity index (χ0) is 23.9. The van der Waals surface area contributed by atoms with Gasteiger partial charge in [0, 0.05) is 24.5 Å². The summed E-state index contributed by atoms with van der Waals surface area (Å²) < 4.78 is 21.0. The number of amides is 1. The van der Waals surface area contributed by atoms with Gasteiger partial charge in [0.2, 0.25) is 23.6 Å². The van der Waals surface area contributed by atoms with Crippen LogP contribution in [0.5, 0.6) is 17.2 Å². The van der Waals surface area contributed by atoms with Gasteiger partial charge >= 0.3 is 0 Å². The largest absolute Gasteiger partial charge is 0.497 e. The van der Waals surface area contributed by atoms with Crippen LogP contribution in [-0.2, 0) is 11.2 Å². The first kappa shape index (κ1) is 22.8. The molecular formula is C23H24N6O5. The van der Waals surface area contributed by atoms with Crippen molar-refractivity contribution in [3.05, 3.63) is 48.4 Å². The lowest BCUT2D eigenvalue weighted by Gasteiger charge is -2.07. The van der Waals surface area contributed by atoms with Crippen molar-refractivity contribution >= 4 is 11.9 Å². The number of rotatable bonds is 10. The third-order valence-corrected chi connectivity index (χ3v) is 5.01. The van der Waals surface area contributed by atoms with Crippen LogP contribution in [0.3, 0.4) is 0 Å². The standard InChI is InChI=1S/C23H24N6O5/c1-31-15-9-7-14(8-10-15)21-25-20(34-29-21)6-4-5-19(30)24-23-26-22(27-28-23)17-12-11-16(32-2)13-18(17)33-3/h7-13H,4-6H2,1-3H3,(H2,24,26,27,28,30). The number of nitrogens with zero attached hydrogens (tertiary/aromatic N) is 4. The first-order valence-electron chi connectivity index (χ1n) is 10.5. The summed E-state index contributed by atoms with van der Waals surface area (Å²) in [6, 6.07) is 12.7. The van der Waals surface area contributed by atoms with Gasteiger partial charge in [-0.1, -0.05) is 5.16 Å². The van der Waals surface area contributed by atoms with Crippen LogP contribution < -0.4 is 19.5 Å². The Kier molecular flexibility index (Phi) is 7.01. The molecule has 0 spiro atoms. The number of aryl methyl sites for hydroxylation is 1. The second kappa shape index (κ2) is 10.5. The molecule has 0 fully saturated rings. The van der Waals surface area contributed by atoms with E-state index >= 15 is 0 Å². The van der Waals surface area contributed by atoms with E-state index in [9.17, 15) is 4.79 Å². The van der Waals surface area contributed by atoms with Crippen molar-refractivity contribution in [2.45, 2.75) is 19.3 Å². The van der Waals surface area contributed by atoms with Crippen molar-refractivity contribution in [2.24, 2.45) is 0 Å². The Balaban J connectivity index is 1.29. The molecule has 11 heteroatoms. The van der Waals surface area contributed by atoms with Crippen molar-refractivity contribution < 1.29 is 23.5 Å². The molecule has 2 N–H and O–H groups in total. The number of hydrogen-bond acceptors (Lipinski definition) is 9. The lowest BCUT2D eigenvalue weighted by atomic mass is 10.2. The Morgan fingerprint density at radius 1 is 1.00 bits per heavy atom. The average Bonchev–Trinajstić information content (AvgIpc) is 3.53. The second-order valence-electron chi connectivity index (χ2n) is 7.22. The molecule has 2 heterocycles. The van der Waals surface area contributed by atoms with E-state index in [1.54, 1.807) is 39.5 Å². The van der Waals surface area contributed by atoms with Gasteiger partial charge in [-0.15, -0.1) is 5.10 Å². The maximum absolute atomic E-state index is 12.3. The number of anilines is 1. The number of methoxy groups -OCH3 is 3. The summed E-state index contributed by atoms with van der Waals surface area (Å²) in [4.78, 5) is 21.0. The zero-order valence-corrected chi connectivity index (χ0v) is 19.0. The molecule has 11 nitrogen and oxygen atoms in total. The van der Waals surface area contributed by atoms with Crippen LogP contribution in [-0.4, -0.2) is 52.6 Å². The Morgan fingerprint density at radius 3 is 2.50 bits per heavy atom. The van der Waals surface area contributed by atoms with Crippen LogP contribution in [0.15, 0.2) is 47.0 Å². The van der Waals surface area contributed by atoms with Crippen molar-refractivity contribution in [1.82, 2.24) is 25.3 Å². The number of benzene rings is 2. The fraction of sp³-hybridized carbons (Fsp3) is 0.261. The minimum atomic E-state index is -0.220. The number of carbonyl (C=O) groups excluding carboxylic acids is 1. The molecule has 0 saturated carbocycles. The maximum Gasteiger partial charge on any atom is 0.249 e. The van der Waals surface area contributed by atoms with Gasteiger partial charge in [-0.25, -0.2) is 0 Å². The molecule has 0 saturated heterocycles. The van der Waals surface area contributed by atoms with E-state index in [1.807, 2.05) is 24.3 Å². The van der Waals surface area contributed by atoms with Crippen LogP contribution in [0.1, 0.15) is 18.7 Å². The molecule has 0 aliphatic carbocycles. The van der Waals surface area contributed by atoms with E-state index in [1.165, 1.54) is 0 Å². The molecule has 0 bridgehead atoms. The van der Waals surface area contributed by atoms with Gasteiger partial charge < -0.3 is 18.7 Å². The Hall–Kier alpha value is -4.41. The second-order valence-corrected chi connectivity index (χ2v) is 7.22. The lowest BCUT2D eigenvalue weighted by molar-refractivity contribution is -0.116. The molecule has 0 aliphatic rings. The molecule has 4 rings (SSSR count). The van der Waals surface area contributed by atoms with Crippen LogP contribution in [0.4, 0.5) is 5.95 Å². The fourth-order valence-electron chi connectivity index (χ4n) is 3.23. The van der Waals surface area contributed by atoms with Crippen molar-refractivity contribution in [3.8, 4) is 40.0 Å². The van der Waals surface area contributed by atoms with E-state index in [0.29, 0.717) is 47.4 Å². The topological polar surface area (TPSA) is 137 Å². The highest BCUT2D eigenvalue weighted by molar-refractivity contribution is 5.89. The number of H-pyrrole nitrogens is 1. The third-order valence-electron chi connectivity index (χ3n) is 5.01. The number of hydrogen-bond donors (Lipinski definition) is 2. The number of ether oxygens (including phenoxy) is 3. The zero-order valence-electron chi connectivity index (χ0n) is 19.0. The van der Waals surface area contributed by atoms with E-state index < -0.39 is 0 Å². The van der Waals surface area contributed by atoms with E-state index in [0.717, 1.165) is 11.3 Å². The van der Waals surface area contributed by atoms with Gasteiger partial charge in [0.15, 0.2) is 5.82 Å². The summed E-state index contributed by atoms with van der Waals surface area (Å²) in [5.74, 6) is 3.36. The van der Waals surface area contributed by atoms with Crippen LogP contribution >= 0.6 is 0 Å². The molecule has 2 aromatic heterocycles. The monoisotopic (exact) mass is 464 g/mol. The number of aromatic nitrogens is 5. The van der Waals surface area contributed by atoms with E-state index in [2.05, 4.69) is 30.6 Å². The molecule has 2 aromatic carbocycles. The van der Waals surface area contributed by atoms with Crippen molar-refractivity contribution in [1.29, 1.82) is 0 Å². The van der Waals surface area contributed by atoms with Crippen LogP contribution in [0.25, 0.3) is 22.8 Å². The van der Waals surface area contributed by atoms with Crippen LogP contribution in [0, 0.1) is 0 Å². The summed E-state index contributed by atoms with van der Waals surface area (Å²) in [5.41, 5.74) is 1.52. The fourth-order valence-corrected chi connectivity index (χ4v) is 3.23. The van der Waals surface area contributed by atoms with Gasteiger partial charge in [-0.2, -0.15) is 9.97 Å². The highest BCUT2D eigenvalue weighted by Gasteiger charge is 2.14. The molecule has 0 aliphatic heterocycles. The number of nitrogens with one attached hydrogen (secondary N) is 2. The predicted octanol–water partition coefficient (Wildman–Crippen LogP) is 3.51. The first-order chi connectivity index (χ1) is 16.6. The Bertz CT molecular complexity index is 1250. The normalized spacial score (nSPS) is 10.7. The third kappa shape index (κ3) is 5.31. The summed E-state index contributed by atoms with van der Waals surface area (Å²) in [6.07, 6.45) is 1.24. The van der Waals surface area contributed by atoms with Crippen molar-refractivity contribution in [3.63, 3.8) is 0 Å². The molecule has 0 unspecified atom stereocenters. The first-order valence-corrected chi connectivity index (χ1v) is 10.5. The number of aromatic amines is 1. The average molecular weight is 464 g/mol. The van der Waals surface area contributed by atoms with Crippen LogP contribution in [0.2, 0.25) is 0 Å². The van der Waals surface area contributed by atoms with Gasteiger partial charge in [-0.05, 0) is 42.8 Å². The van der Waals surface area contributed by atoms with Gasteiger partial charge in [-0.3, -0.25) is 15.2 Å². The maximum atomic E-state index is 12.3. The van der Waals surface area contributed by atoms with E-state index in [4.69, 9.17) is 18.7 Å². The van der Waals surface area contributed by atoms with Gasteiger partial charge in [0.25, 0.3) is 0 Å². The van der Waals surface area contributed by atoms with Gasteiger partial charge in [0.1, 0.15) is 17.2 Å². The highest BCUT2D eigenvalue weighted by Crippen LogP contribution is 2.31. The SMILES string of the molecule is COc1ccc(-c2noc(CCCC(=O)Nc3n[nH]c(-c4ccc(OC)cc4OC)n3)n2)cc1. The number of carbonyl (C=O) groups is 1. The minimum absolute atomic E-state index is 0.178. The molecule has 34 heavy (non-hydrogen) atoms. The highest BCUT2D eigenvalue weighted by atomic mass is 16.5. The molecule has 176 valence electrons. The minimum Gasteiger partial charge on any atom is -0.497 e. The molecule has 1 amide bonds.